The summed E-state index contributed by atoms with van der Waals surface area (Å²) in [6, 6.07) is 0. The van der Waals surface area contributed by atoms with Crippen LogP contribution in [0.4, 0.5) is 0 Å². The van der Waals surface area contributed by atoms with Crippen molar-refractivity contribution in [3.63, 3.8) is 0 Å². The molecule has 2 nitrogen and oxygen atoms in total. The van der Waals surface area contributed by atoms with Crippen molar-refractivity contribution in [2.24, 2.45) is 16.5 Å². The molecule has 0 aliphatic carbocycles. The van der Waals surface area contributed by atoms with Gasteiger partial charge in [-0.3, -0.25) is 0 Å². The Morgan fingerprint density at radius 1 is 1.36 bits per heavy atom. The van der Waals surface area contributed by atoms with Crippen LogP contribution in [-0.2, 0) is 4.84 Å². The molecule has 0 saturated carbocycles. The van der Waals surface area contributed by atoms with Gasteiger partial charge in [-0.15, -0.1) is 0 Å². The van der Waals surface area contributed by atoms with Crippen molar-refractivity contribution in [3.8, 4) is 0 Å². The van der Waals surface area contributed by atoms with Gasteiger partial charge in [-0.2, -0.15) is 0 Å². The van der Waals surface area contributed by atoms with Crippen molar-refractivity contribution < 1.29 is 4.84 Å². The Kier molecular flexibility index (Phi) is 1.95. The smallest absolute Gasteiger partial charge is 0.133 e. The highest BCUT2D eigenvalue weighted by molar-refractivity contribution is 5.86. The molecule has 0 N–H and O–H groups in total. The number of rotatable bonds is 0. The molecule has 1 heterocycles. The number of hydrogen-bond acceptors (Lipinski definition) is 2. The summed E-state index contributed by atoms with van der Waals surface area (Å²) in [4.78, 5) is 5.19. The standard InChI is InChI=1S/C9H17NO/c1-6-8(9(3,4)5)7(2)11-10-6/h7-8H,1-5H3. The largest absolute Gasteiger partial charge is 0.392 e. The lowest BCUT2D eigenvalue weighted by Crippen LogP contribution is -2.32. The number of hydrogen-bond donors (Lipinski definition) is 0. The zero-order chi connectivity index (χ0) is 8.65. The monoisotopic (exact) mass is 155 g/mol. The van der Waals surface area contributed by atoms with Gasteiger partial charge in [-0.25, -0.2) is 0 Å². The van der Waals surface area contributed by atoms with Gasteiger partial charge in [0.25, 0.3) is 0 Å². The second-order valence-corrected chi connectivity index (χ2v) is 4.39. The van der Waals surface area contributed by atoms with Crippen molar-refractivity contribution >= 4 is 5.71 Å². The highest BCUT2D eigenvalue weighted by Crippen LogP contribution is 2.34. The lowest BCUT2D eigenvalue weighted by molar-refractivity contribution is 0.0471. The fourth-order valence-corrected chi connectivity index (χ4v) is 1.95. The van der Waals surface area contributed by atoms with Gasteiger partial charge in [-0.05, 0) is 19.3 Å². The summed E-state index contributed by atoms with van der Waals surface area (Å²) in [5.74, 6) is 0.475. The second-order valence-electron chi connectivity index (χ2n) is 4.39. The van der Waals surface area contributed by atoms with Crippen LogP contribution in [0.15, 0.2) is 5.16 Å². The SMILES string of the molecule is CC1=NOC(C)C1C(C)(C)C. The van der Waals surface area contributed by atoms with Gasteiger partial charge in [0.1, 0.15) is 6.10 Å². The van der Waals surface area contributed by atoms with Gasteiger partial charge in [0.05, 0.1) is 5.71 Å². The molecule has 1 aliphatic rings. The van der Waals surface area contributed by atoms with Crippen LogP contribution in [0, 0.1) is 11.3 Å². The molecule has 0 saturated heterocycles. The van der Waals surface area contributed by atoms with Crippen molar-refractivity contribution in [3.05, 3.63) is 0 Å². The minimum atomic E-state index is 0.245. The van der Waals surface area contributed by atoms with E-state index < -0.39 is 0 Å². The summed E-state index contributed by atoms with van der Waals surface area (Å²) < 4.78 is 0. The molecule has 0 radical (unpaired) electrons. The predicted octanol–water partition coefficient (Wildman–Crippen LogP) is 2.44. The first kappa shape index (κ1) is 8.57. The summed E-state index contributed by atoms with van der Waals surface area (Å²) in [6.45, 7) is 10.8. The molecule has 1 rings (SSSR count). The lowest BCUT2D eigenvalue weighted by Gasteiger charge is -2.28. The summed E-state index contributed by atoms with van der Waals surface area (Å²) in [7, 11) is 0. The Bertz CT molecular complexity index is 178. The molecule has 0 aromatic heterocycles. The normalized spacial score (nSPS) is 31.5. The molecule has 64 valence electrons. The van der Waals surface area contributed by atoms with Crippen LogP contribution in [0.3, 0.4) is 0 Å². The Morgan fingerprint density at radius 3 is 2.09 bits per heavy atom. The van der Waals surface area contributed by atoms with Crippen LogP contribution >= 0.6 is 0 Å². The zero-order valence-corrected chi connectivity index (χ0v) is 8.01. The van der Waals surface area contributed by atoms with Crippen LogP contribution in [0.5, 0.6) is 0 Å². The highest BCUT2D eigenvalue weighted by atomic mass is 16.6. The van der Waals surface area contributed by atoms with E-state index >= 15 is 0 Å². The number of oxime groups is 1. The maximum absolute atomic E-state index is 5.19. The molecule has 0 amide bonds. The molecule has 1 aliphatic heterocycles. The molecular weight excluding hydrogens is 138 g/mol. The van der Waals surface area contributed by atoms with E-state index in [4.69, 9.17) is 4.84 Å². The van der Waals surface area contributed by atoms with Gasteiger partial charge in [-0.1, -0.05) is 25.9 Å². The molecule has 0 fully saturated rings. The highest BCUT2D eigenvalue weighted by Gasteiger charge is 2.37. The van der Waals surface area contributed by atoms with Crippen LogP contribution in [0.1, 0.15) is 34.6 Å². The van der Waals surface area contributed by atoms with Crippen LogP contribution < -0.4 is 0 Å². The van der Waals surface area contributed by atoms with Crippen molar-refractivity contribution in [2.75, 3.05) is 0 Å². The van der Waals surface area contributed by atoms with Gasteiger partial charge in [0.15, 0.2) is 0 Å². The Labute approximate surface area is 68.6 Å². The topological polar surface area (TPSA) is 21.6 Å². The van der Waals surface area contributed by atoms with E-state index in [2.05, 4.69) is 32.9 Å². The fraction of sp³-hybridized carbons (Fsp3) is 0.889. The third-order valence-electron chi connectivity index (χ3n) is 2.22. The van der Waals surface area contributed by atoms with E-state index in [0.717, 1.165) is 5.71 Å². The summed E-state index contributed by atoms with van der Waals surface area (Å²) >= 11 is 0. The molecule has 0 aromatic rings. The van der Waals surface area contributed by atoms with Gasteiger partial charge >= 0.3 is 0 Å². The number of nitrogens with zero attached hydrogens (tertiary/aromatic N) is 1. The first-order valence-electron chi connectivity index (χ1n) is 4.13. The third-order valence-corrected chi connectivity index (χ3v) is 2.22. The average Bonchev–Trinajstić information content (AvgIpc) is 2.08. The van der Waals surface area contributed by atoms with Gasteiger partial charge in [0, 0.05) is 5.92 Å². The summed E-state index contributed by atoms with van der Waals surface area (Å²) in [5, 5.41) is 3.98. The summed E-state index contributed by atoms with van der Waals surface area (Å²) in [6.07, 6.45) is 0.245. The molecule has 0 aromatic carbocycles. The molecule has 0 bridgehead atoms. The van der Waals surface area contributed by atoms with Crippen molar-refractivity contribution in [1.82, 2.24) is 0 Å². The average molecular weight is 155 g/mol. The van der Waals surface area contributed by atoms with Crippen LogP contribution in [0.2, 0.25) is 0 Å². The van der Waals surface area contributed by atoms with E-state index in [1.807, 2.05) is 6.92 Å². The van der Waals surface area contributed by atoms with E-state index in [9.17, 15) is 0 Å². The first-order valence-corrected chi connectivity index (χ1v) is 4.13. The Balaban J connectivity index is 2.78. The maximum Gasteiger partial charge on any atom is 0.133 e. The van der Waals surface area contributed by atoms with Crippen LogP contribution in [0.25, 0.3) is 0 Å². The molecule has 2 unspecified atom stereocenters. The molecule has 2 heteroatoms. The second kappa shape index (κ2) is 2.50. The first-order chi connectivity index (χ1) is 4.93. The molecule has 11 heavy (non-hydrogen) atoms. The van der Waals surface area contributed by atoms with E-state index in [0.29, 0.717) is 5.92 Å². The predicted molar refractivity (Wildman–Crippen MR) is 46.6 cm³/mol. The van der Waals surface area contributed by atoms with E-state index in [1.54, 1.807) is 0 Å². The Morgan fingerprint density at radius 2 is 1.91 bits per heavy atom. The third kappa shape index (κ3) is 1.55. The Hall–Kier alpha value is -0.530. The van der Waals surface area contributed by atoms with Crippen molar-refractivity contribution in [2.45, 2.75) is 40.7 Å². The van der Waals surface area contributed by atoms with Crippen LogP contribution in [-0.4, -0.2) is 11.8 Å². The van der Waals surface area contributed by atoms with Crippen molar-refractivity contribution in [1.29, 1.82) is 0 Å². The molecule has 2 atom stereocenters. The van der Waals surface area contributed by atoms with E-state index in [1.165, 1.54) is 0 Å². The molecular formula is C9H17NO. The zero-order valence-electron chi connectivity index (χ0n) is 8.01. The fourth-order valence-electron chi connectivity index (χ4n) is 1.95. The summed E-state index contributed by atoms with van der Waals surface area (Å²) in [5.41, 5.74) is 1.40. The maximum atomic E-state index is 5.19. The minimum Gasteiger partial charge on any atom is -0.392 e. The van der Waals surface area contributed by atoms with Gasteiger partial charge < -0.3 is 4.84 Å². The lowest BCUT2D eigenvalue weighted by atomic mass is 9.76. The minimum absolute atomic E-state index is 0.245. The van der Waals surface area contributed by atoms with E-state index in [-0.39, 0.29) is 11.5 Å². The van der Waals surface area contributed by atoms with Gasteiger partial charge in [0.2, 0.25) is 0 Å². The quantitative estimate of drug-likeness (QED) is 0.526. The molecule has 0 spiro atoms.